The molecule has 6 nitrogen and oxygen atoms in total. The van der Waals surface area contributed by atoms with Crippen LogP contribution in [0.15, 0.2) is 60.7 Å². The number of carbonyl (C=O) groups excluding carboxylic acids is 2. The van der Waals surface area contributed by atoms with Crippen LogP contribution in [0.3, 0.4) is 0 Å². The molecule has 3 aromatic rings. The van der Waals surface area contributed by atoms with E-state index >= 15 is 0 Å². The van der Waals surface area contributed by atoms with Crippen LogP contribution in [-0.2, 0) is 17.9 Å². The van der Waals surface area contributed by atoms with Gasteiger partial charge in [0.25, 0.3) is 5.91 Å². The second kappa shape index (κ2) is 7.68. The van der Waals surface area contributed by atoms with Crippen LogP contribution < -0.4 is 0 Å². The van der Waals surface area contributed by atoms with Crippen LogP contribution in [0.4, 0.5) is 0 Å². The van der Waals surface area contributed by atoms with E-state index in [1.54, 1.807) is 16.8 Å². The summed E-state index contributed by atoms with van der Waals surface area (Å²) in [6.45, 7) is 1.45. The number of aromatic nitrogens is 2. The van der Waals surface area contributed by atoms with Gasteiger partial charge in [-0.25, -0.2) is 0 Å². The number of amides is 2. The smallest absolute Gasteiger partial charge is 0.254 e. The minimum atomic E-state index is -0.000354. The molecule has 0 saturated heterocycles. The van der Waals surface area contributed by atoms with E-state index in [4.69, 9.17) is 0 Å². The minimum absolute atomic E-state index is 0.000354. The lowest BCUT2D eigenvalue weighted by Gasteiger charge is -2.19. The molecule has 28 heavy (non-hydrogen) atoms. The largest absolute Gasteiger partial charge is 0.340 e. The number of hydrogen-bond donors (Lipinski definition) is 1. The second-order valence-corrected chi connectivity index (χ2v) is 7.03. The minimum Gasteiger partial charge on any atom is -0.340 e. The van der Waals surface area contributed by atoms with Crippen LogP contribution in [-0.4, -0.2) is 45.4 Å². The first kappa shape index (κ1) is 18.0. The number of aromatic amines is 1. The lowest BCUT2D eigenvalue weighted by molar-refractivity contribution is -0.130. The molecular formula is C22H22N4O2. The molecule has 0 spiro atoms. The van der Waals surface area contributed by atoms with Crippen molar-refractivity contribution in [2.24, 2.45) is 0 Å². The van der Waals surface area contributed by atoms with Crippen molar-refractivity contribution in [3.63, 3.8) is 0 Å². The molecule has 142 valence electrons. The van der Waals surface area contributed by atoms with Crippen LogP contribution in [0, 0.1) is 0 Å². The average molecular weight is 374 g/mol. The lowest BCUT2D eigenvalue weighted by atomic mass is 10.1. The number of nitrogens with zero attached hydrogens (tertiary/aromatic N) is 3. The van der Waals surface area contributed by atoms with Gasteiger partial charge in [0.1, 0.15) is 0 Å². The Morgan fingerprint density at radius 3 is 2.68 bits per heavy atom. The highest BCUT2D eigenvalue weighted by Crippen LogP contribution is 2.22. The maximum absolute atomic E-state index is 12.5. The molecule has 1 aliphatic heterocycles. The molecule has 1 aromatic heterocycles. The quantitative estimate of drug-likeness (QED) is 0.721. The molecule has 0 bridgehead atoms. The number of H-pyrrole nitrogens is 1. The summed E-state index contributed by atoms with van der Waals surface area (Å²) in [5.74, 6) is 0.00624. The SMILES string of the molecule is CN(Cc1cc(-c2ccccc2)n[nH]1)C(=O)CCN1Cc2ccccc2C1=O. The van der Waals surface area contributed by atoms with Gasteiger partial charge in [0, 0.05) is 37.7 Å². The molecule has 4 rings (SSSR count). The van der Waals surface area contributed by atoms with E-state index in [9.17, 15) is 9.59 Å². The Labute approximate surface area is 163 Å². The zero-order valence-corrected chi connectivity index (χ0v) is 15.8. The third-order valence-corrected chi connectivity index (χ3v) is 5.03. The van der Waals surface area contributed by atoms with Crippen molar-refractivity contribution in [2.45, 2.75) is 19.5 Å². The molecule has 0 radical (unpaired) electrons. The number of fused-ring (bicyclic) bond motifs is 1. The number of hydrogen-bond acceptors (Lipinski definition) is 3. The van der Waals surface area contributed by atoms with Gasteiger partial charge >= 0.3 is 0 Å². The highest BCUT2D eigenvalue weighted by atomic mass is 16.2. The van der Waals surface area contributed by atoms with Gasteiger partial charge in [0.2, 0.25) is 5.91 Å². The van der Waals surface area contributed by atoms with Crippen molar-refractivity contribution in [2.75, 3.05) is 13.6 Å². The molecule has 0 fully saturated rings. The fourth-order valence-electron chi connectivity index (χ4n) is 3.46. The molecule has 1 aliphatic rings. The molecular weight excluding hydrogens is 352 g/mol. The van der Waals surface area contributed by atoms with Crippen molar-refractivity contribution >= 4 is 11.8 Å². The molecule has 0 saturated carbocycles. The van der Waals surface area contributed by atoms with E-state index in [0.717, 1.165) is 28.1 Å². The van der Waals surface area contributed by atoms with Gasteiger partial charge < -0.3 is 9.80 Å². The highest BCUT2D eigenvalue weighted by molar-refractivity contribution is 5.98. The maximum Gasteiger partial charge on any atom is 0.254 e. The zero-order valence-electron chi connectivity index (χ0n) is 15.8. The predicted molar refractivity (Wildman–Crippen MR) is 106 cm³/mol. The number of rotatable bonds is 6. The summed E-state index contributed by atoms with van der Waals surface area (Å²) < 4.78 is 0. The van der Waals surface area contributed by atoms with Crippen molar-refractivity contribution in [3.05, 3.63) is 77.5 Å². The number of carbonyl (C=O) groups is 2. The summed E-state index contributed by atoms with van der Waals surface area (Å²) in [7, 11) is 1.77. The van der Waals surface area contributed by atoms with Gasteiger partial charge in [-0.3, -0.25) is 14.7 Å². The third-order valence-electron chi connectivity index (χ3n) is 5.03. The first-order valence-electron chi connectivity index (χ1n) is 9.32. The molecule has 2 aromatic carbocycles. The van der Waals surface area contributed by atoms with E-state index in [1.807, 2.05) is 60.7 Å². The Hall–Kier alpha value is -3.41. The van der Waals surface area contributed by atoms with Gasteiger partial charge in [-0.1, -0.05) is 48.5 Å². The Kier molecular flexibility index (Phi) is 4.93. The Bertz CT molecular complexity index is 997. The van der Waals surface area contributed by atoms with Gasteiger partial charge in [0.05, 0.1) is 17.9 Å². The first-order chi connectivity index (χ1) is 13.6. The molecule has 2 heterocycles. The summed E-state index contributed by atoms with van der Waals surface area (Å²) >= 11 is 0. The molecule has 0 aliphatic carbocycles. The Balaban J connectivity index is 1.31. The average Bonchev–Trinajstić information content (AvgIpc) is 3.32. The van der Waals surface area contributed by atoms with Crippen molar-refractivity contribution in [1.82, 2.24) is 20.0 Å². The monoisotopic (exact) mass is 374 g/mol. The fourth-order valence-corrected chi connectivity index (χ4v) is 3.46. The summed E-state index contributed by atoms with van der Waals surface area (Å²) in [6.07, 6.45) is 0.301. The van der Waals surface area contributed by atoms with Crippen molar-refractivity contribution in [1.29, 1.82) is 0 Å². The first-order valence-corrected chi connectivity index (χ1v) is 9.32. The van der Waals surface area contributed by atoms with Crippen LogP contribution in [0.25, 0.3) is 11.3 Å². The van der Waals surface area contributed by atoms with Crippen molar-refractivity contribution < 1.29 is 9.59 Å². The van der Waals surface area contributed by atoms with Crippen LogP contribution in [0.2, 0.25) is 0 Å². The fraction of sp³-hybridized carbons (Fsp3) is 0.227. The summed E-state index contributed by atoms with van der Waals surface area (Å²) in [6, 6.07) is 19.5. The predicted octanol–water partition coefficient (Wildman–Crippen LogP) is 3.08. The van der Waals surface area contributed by atoms with E-state index in [0.29, 0.717) is 26.1 Å². The molecule has 2 amide bonds. The second-order valence-electron chi connectivity index (χ2n) is 7.03. The topological polar surface area (TPSA) is 69.3 Å². The molecule has 1 N–H and O–H groups in total. The van der Waals surface area contributed by atoms with E-state index < -0.39 is 0 Å². The lowest BCUT2D eigenvalue weighted by Crippen LogP contribution is -2.32. The standard InChI is InChI=1S/C22H22N4O2/c1-25(15-18-13-20(24-23-18)16-7-3-2-4-8-16)21(27)11-12-26-14-17-9-5-6-10-19(17)22(26)28/h2-10,13H,11-12,14-15H2,1H3,(H,23,24). The third kappa shape index (κ3) is 3.67. The molecule has 0 unspecified atom stereocenters. The van der Waals surface area contributed by atoms with Crippen molar-refractivity contribution in [3.8, 4) is 11.3 Å². The maximum atomic E-state index is 12.5. The van der Waals surface area contributed by atoms with Gasteiger partial charge in [-0.2, -0.15) is 5.10 Å². The molecule has 6 heteroatoms. The number of benzene rings is 2. The van der Waals surface area contributed by atoms with Crippen LogP contribution in [0.5, 0.6) is 0 Å². The van der Waals surface area contributed by atoms with E-state index in [2.05, 4.69) is 10.2 Å². The van der Waals surface area contributed by atoms with E-state index in [1.165, 1.54) is 0 Å². The van der Waals surface area contributed by atoms with Crippen LogP contribution >= 0.6 is 0 Å². The highest BCUT2D eigenvalue weighted by Gasteiger charge is 2.27. The Morgan fingerprint density at radius 1 is 1.14 bits per heavy atom. The summed E-state index contributed by atoms with van der Waals surface area (Å²) in [5, 5.41) is 7.32. The molecule has 0 atom stereocenters. The van der Waals surface area contributed by atoms with Gasteiger partial charge in [-0.05, 0) is 17.7 Å². The van der Waals surface area contributed by atoms with Gasteiger partial charge in [0.15, 0.2) is 0 Å². The summed E-state index contributed by atoms with van der Waals surface area (Å²) in [5.41, 5.74) is 4.54. The Morgan fingerprint density at radius 2 is 1.89 bits per heavy atom. The van der Waals surface area contributed by atoms with E-state index in [-0.39, 0.29) is 11.8 Å². The normalized spacial score (nSPS) is 12.9. The summed E-state index contributed by atoms with van der Waals surface area (Å²) in [4.78, 5) is 28.3. The van der Waals surface area contributed by atoms with Gasteiger partial charge in [-0.15, -0.1) is 0 Å². The number of nitrogens with one attached hydrogen (secondary N) is 1. The zero-order chi connectivity index (χ0) is 19.5. The van der Waals surface area contributed by atoms with Crippen LogP contribution in [0.1, 0.15) is 28.0 Å².